The normalized spacial score (nSPS) is 11.4. The molecule has 118 valence electrons. The van der Waals surface area contributed by atoms with Crippen LogP contribution >= 0.6 is 11.6 Å². The minimum absolute atomic E-state index is 0.131. The van der Waals surface area contributed by atoms with E-state index in [2.05, 4.69) is 15.4 Å². The molecule has 1 amide bonds. The van der Waals surface area contributed by atoms with E-state index in [9.17, 15) is 18.0 Å². The van der Waals surface area contributed by atoms with Gasteiger partial charge in [-0.05, 0) is 6.07 Å². The molecule has 0 radical (unpaired) electrons. The van der Waals surface area contributed by atoms with Crippen molar-refractivity contribution in [3.63, 3.8) is 0 Å². The molecular weight excluding hydrogens is 325 g/mol. The summed E-state index contributed by atoms with van der Waals surface area (Å²) in [5.41, 5.74) is -1.13. The fourth-order valence-corrected chi connectivity index (χ4v) is 1.94. The van der Waals surface area contributed by atoms with E-state index in [4.69, 9.17) is 16.3 Å². The van der Waals surface area contributed by atoms with Crippen LogP contribution in [0.1, 0.15) is 16.1 Å². The summed E-state index contributed by atoms with van der Waals surface area (Å²) in [6.07, 6.45) is -3.48. The van der Waals surface area contributed by atoms with Crippen LogP contribution in [0.5, 0.6) is 5.88 Å². The summed E-state index contributed by atoms with van der Waals surface area (Å²) in [7, 11) is 2.65. The molecule has 2 aromatic rings. The Labute approximate surface area is 127 Å². The van der Waals surface area contributed by atoms with Crippen molar-refractivity contribution in [2.24, 2.45) is 7.05 Å². The van der Waals surface area contributed by atoms with Crippen LogP contribution in [-0.2, 0) is 13.2 Å². The van der Waals surface area contributed by atoms with Gasteiger partial charge in [-0.1, -0.05) is 11.6 Å². The second-order valence-corrected chi connectivity index (χ2v) is 4.55. The number of anilines is 1. The predicted octanol–water partition coefficient (Wildman–Crippen LogP) is 2.75. The van der Waals surface area contributed by atoms with Crippen molar-refractivity contribution in [2.45, 2.75) is 6.18 Å². The Balaban J connectivity index is 2.26. The molecule has 0 bridgehead atoms. The van der Waals surface area contributed by atoms with Gasteiger partial charge >= 0.3 is 6.18 Å². The minimum Gasteiger partial charge on any atom is -0.481 e. The van der Waals surface area contributed by atoms with Crippen molar-refractivity contribution in [2.75, 3.05) is 12.4 Å². The van der Waals surface area contributed by atoms with Gasteiger partial charge < -0.3 is 10.1 Å². The van der Waals surface area contributed by atoms with Crippen molar-refractivity contribution in [1.82, 2.24) is 14.8 Å². The van der Waals surface area contributed by atoms with Crippen molar-refractivity contribution in [1.29, 1.82) is 0 Å². The number of hydrogen-bond donors (Lipinski definition) is 1. The van der Waals surface area contributed by atoms with Gasteiger partial charge in [-0.3, -0.25) is 9.48 Å². The van der Waals surface area contributed by atoms with Gasteiger partial charge in [-0.2, -0.15) is 18.3 Å². The zero-order chi connectivity index (χ0) is 16.5. The van der Waals surface area contributed by atoms with E-state index in [1.165, 1.54) is 32.5 Å². The SMILES string of the molecule is COc1ccc(C(=O)Nc2c(Cl)c(C(F)(F)F)nn2C)cn1. The molecule has 22 heavy (non-hydrogen) atoms. The molecule has 0 atom stereocenters. The lowest BCUT2D eigenvalue weighted by molar-refractivity contribution is -0.141. The van der Waals surface area contributed by atoms with Crippen molar-refractivity contribution in [3.05, 3.63) is 34.6 Å². The van der Waals surface area contributed by atoms with Crippen LogP contribution in [-0.4, -0.2) is 27.8 Å². The molecular formula is C12H10ClF3N4O2. The van der Waals surface area contributed by atoms with Crippen LogP contribution < -0.4 is 10.1 Å². The highest BCUT2D eigenvalue weighted by Gasteiger charge is 2.38. The molecule has 10 heteroatoms. The maximum atomic E-state index is 12.7. The van der Waals surface area contributed by atoms with Crippen molar-refractivity contribution >= 4 is 23.3 Å². The lowest BCUT2D eigenvalue weighted by atomic mass is 10.2. The van der Waals surface area contributed by atoms with Crippen LogP contribution in [0.4, 0.5) is 19.0 Å². The van der Waals surface area contributed by atoms with E-state index in [0.29, 0.717) is 5.88 Å². The molecule has 0 saturated heterocycles. The molecule has 0 aliphatic heterocycles. The van der Waals surface area contributed by atoms with E-state index in [1.54, 1.807) is 0 Å². The van der Waals surface area contributed by atoms with Crippen LogP contribution in [0.3, 0.4) is 0 Å². The first kappa shape index (κ1) is 16.1. The Kier molecular flexibility index (Phi) is 4.27. The summed E-state index contributed by atoms with van der Waals surface area (Å²) in [5, 5.41) is 4.86. The topological polar surface area (TPSA) is 69.0 Å². The fraction of sp³-hybridized carbons (Fsp3) is 0.250. The monoisotopic (exact) mass is 334 g/mol. The van der Waals surface area contributed by atoms with Gasteiger partial charge in [-0.25, -0.2) is 4.98 Å². The van der Waals surface area contributed by atoms with Gasteiger partial charge in [0.1, 0.15) is 5.02 Å². The van der Waals surface area contributed by atoms with E-state index < -0.39 is 22.8 Å². The number of halogens is 4. The summed E-state index contributed by atoms with van der Waals surface area (Å²) in [5.74, 6) is -0.627. The highest BCUT2D eigenvalue weighted by atomic mass is 35.5. The van der Waals surface area contributed by atoms with E-state index in [1.807, 2.05) is 0 Å². The summed E-state index contributed by atoms with van der Waals surface area (Å²) < 4.78 is 43.8. The first-order chi connectivity index (χ1) is 10.2. The lowest BCUT2D eigenvalue weighted by Crippen LogP contribution is -2.15. The average Bonchev–Trinajstić information content (AvgIpc) is 2.75. The third kappa shape index (κ3) is 3.14. The second-order valence-electron chi connectivity index (χ2n) is 4.18. The summed E-state index contributed by atoms with van der Waals surface area (Å²) in [6, 6.07) is 2.86. The molecule has 2 rings (SSSR count). The van der Waals surface area contributed by atoms with Gasteiger partial charge in [0, 0.05) is 19.3 Å². The lowest BCUT2D eigenvalue weighted by Gasteiger charge is -2.06. The molecule has 1 N–H and O–H groups in total. The minimum atomic E-state index is -4.71. The van der Waals surface area contributed by atoms with Crippen LogP contribution in [0, 0.1) is 0 Å². The van der Waals surface area contributed by atoms with Crippen molar-refractivity contribution in [3.8, 4) is 5.88 Å². The number of alkyl halides is 3. The molecule has 6 nitrogen and oxygen atoms in total. The maximum absolute atomic E-state index is 12.7. The van der Waals surface area contributed by atoms with Crippen molar-refractivity contribution < 1.29 is 22.7 Å². The highest BCUT2D eigenvalue weighted by Crippen LogP contribution is 2.37. The third-order valence-electron chi connectivity index (χ3n) is 2.70. The van der Waals surface area contributed by atoms with Crippen LogP contribution in [0.15, 0.2) is 18.3 Å². The molecule has 0 unspecified atom stereocenters. The van der Waals surface area contributed by atoms with Crippen LogP contribution in [0.25, 0.3) is 0 Å². The molecule has 2 heterocycles. The number of carbonyl (C=O) groups is 1. The number of ether oxygens (including phenoxy) is 1. The molecule has 0 aromatic carbocycles. The standard InChI is InChI=1S/C12H10ClF3N4O2/c1-20-10(8(13)9(19-20)12(14,15)16)18-11(21)6-3-4-7(22-2)17-5-6/h3-5H,1-2H3,(H,18,21). The molecule has 0 aliphatic rings. The number of nitrogens with zero attached hydrogens (tertiary/aromatic N) is 3. The van der Waals surface area contributed by atoms with Gasteiger partial charge in [0.25, 0.3) is 5.91 Å². The molecule has 0 saturated carbocycles. The smallest absolute Gasteiger partial charge is 0.436 e. The number of rotatable bonds is 3. The highest BCUT2D eigenvalue weighted by molar-refractivity contribution is 6.34. The van der Waals surface area contributed by atoms with Gasteiger partial charge in [-0.15, -0.1) is 0 Å². The molecule has 0 aliphatic carbocycles. The zero-order valence-electron chi connectivity index (χ0n) is 11.4. The summed E-state index contributed by atoms with van der Waals surface area (Å²) in [6.45, 7) is 0. The fourth-order valence-electron chi connectivity index (χ4n) is 1.63. The largest absolute Gasteiger partial charge is 0.481 e. The Bertz CT molecular complexity index is 698. The Morgan fingerprint density at radius 1 is 1.41 bits per heavy atom. The Morgan fingerprint density at radius 2 is 2.09 bits per heavy atom. The van der Waals surface area contributed by atoms with Gasteiger partial charge in [0.2, 0.25) is 5.88 Å². The van der Waals surface area contributed by atoms with E-state index in [0.717, 1.165) is 4.68 Å². The van der Waals surface area contributed by atoms with E-state index in [-0.39, 0.29) is 11.4 Å². The number of methoxy groups -OCH3 is 1. The van der Waals surface area contributed by atoms with Gasteiger partial charge in [0.05, 0.1) is 12.7 Å². The number of aryl methyl sites for hydroxylation is 1. The van der Waals surface area contributed by atoms with Gasteiger partial charge in [0.15, 0.2) is 11.5 Å². The number of aromatic nitrogens is 3. The number of nitrogens with one attached hydrogen (secondary N) is 1. The van der Waals surface area contributed by atoms with Crippen LogP contribution in [0.2, 0.25) is 5.02 Å². The summed E-state index contributed by atoms with van der Waals surface area (Å²) >= 11 is 5.64. The average molecular weight is 335 g/mol. The molecule has 2 aromatic heterocycles. The Morgan fingerprint density at radius 3 is 2.55 bits per heavy atom. The first-order valence-electron chi connectivity index (χ1n) is 5.85. The third-order valence-corrected chi connectivity index (χ3v) is 3.06. The Hall–Kier alpha value is -2.29. The maximum Gasteiger partial charge on any atom is 0.436 e. The predicted molar refractivity (Wildman–Crippen MR) is 72.0 cm³/mol. The first-order valence-corrected chi connectivity index (χ1v) is 6.23. The second kappa shape index (κ2) is 5.84. The number of carbonyl (C=O) groups excluding carboxylic acids is 1. The van der Waals surface area contributed by atoms with E-state index >= 15 is 0 Å². The molecule has 0 spiro atoms. The number of pyridine rings is 1. The number of amides is 1. The molecule has 0 fully saturated rings. The number of hydrogen-bond acceptors (Lipinski definition) is 4. The summed E-state index contributed by atoms with van der Waals surface area (Å²) in [4.78, 5) is 15.8. The quantitative estimate of drug-likeness (QED) is 0.937. The zero-order valence-corrected chi connectivity index (χ0v) is 12.2.